The largest absolute Gasteiger partial charge is 0.383 e. The highest BCUT2D eigenvalue weighted by atomic mass is 16.5. The zero-order chi connectivity index (χ0) is 11.1. The van der Waals surface area contributed by atoms with Gasteiger partial charge in [0.1, 0.15) is 0 Å². The van der Waals surface area contributed by atoms with Crippen LogP contribution in [0.3, 0.4) is 0 Å². The molecule has 1 aliphatic rings. The molecule has 5 nitrogen and oxygen atoms in total. The van der Waals surface area contributed by atoms with Gasteiger partial charge in [0.05, 0.1) is 25.4 Å². The van der Waals surface area contributed by atoms with E-state index in [1.165, 1.54) is 6.42 Å². The van der Waals surface area contributed by atoms with E-state index in [0.29, 0.717) is 6.61 Å². The SMILES string of the molecule is CCCN1CCOC(C(COC)NN)C1. The molecule has 0 saturated carbocycles. The van der Waals surface area contributed by atoms with Gasteiger partial charge in [0.25, 0.3) is 0 Å². The second-order valence-electron chi connectivity index (χ2n) is 3.94. The molecule has 0 radical (unpaired) electrons. The van der Waals surface area contributed by atoms with E-state index in [0.717, 1.165) is 26.2 Å². The number of methoxy groups -OCH3 is 1. The van der Waals surface area contributed by atoms with Crippen molar-refractivity contribution in [3.63, 3.8) is 0 Å². The van der Waals surface area contributed by atoms with Gasteiger partial charge in [-0.15, -0.1) is 0 Å². The number of rotatable bonds is 6. The summed E-state index contributed by atoms with van der Waals surface area (Å²) in [6.45, 7) is 6.65. The molecule has 5 heteroatoms. The first-order valence-electron chi connectivity index (χ1n) is 5.60. The lowest BCUT2D eigenvalue weighted by atomic mass is 10.1. The van der Waals surface area contributed by atoms with Crippen LogP contribution in [0.25, 0.3) is 0 Å². The minimum atomic E-state index is 0.0784. The van der Waals surface area contributed by atoms with E-state index in [-0.39, 0.29) is 12.1 Å². The third-order valence-electron chi connectivity index (χ3n) is 2.73. The molecule has 1 fully saturated rings. The minimum Gasteiger partial charge on any atom is -0.383 e. The minimum absolute atomic E-state index is 0.0784. The summed E-state index contributed by atoms with van der Waals surface area (Å²) in [5.41, 5.74) is 2.76. The lowest BCUT2D eigenvalue weighted by Gasteiger charge is -2.36. The summed E-state index contributed by atoms with van der Waals surface area (Å²) < 4.78 is 10.8. The Balaban J connectivity index is 2.39. The van der Waals surface area contributed by atoms with Crippen LogP contribution in [0.2, 0.25) is 0 Å². The van der Waals surface area contributed by atoms with Crippen molar-refractivity contribution in [1.29, 1.82) is 0 Å². The van der Waals surface area contributed by atoms with Crippen LogP contribution in [0.15, 0.2) is 0 Å². The Labute approximate surface area is 91.9 Å². The maximum atomic E-state index is 5.70. The van der Waals surface area contributed by atoms with Crippen molar-refractivity contribution >= 4 is 0 Å². The highest BCUT2D eigenvalue weighted by molar-refractivity contribution is 4.81. The predicted molar refractivity (Wildman–Crippen MR) is 59.5 cm³/mol. The molecule has 1 heterocycles. The average molecular weight is 217 g/mol. The van der Waals surface area contributed by atoms with E-state index in [4.69, 9.17) is 15.3 Å². The van der Waals surface area contributed by atoms with E-state index < -0.39 is 0 Å². The molecule has 1 aliphatic heterocycles. The molecule has 90 valence electrons. The van der Waals surface area contributed by atoms with E-state index in [2.05, 4.69) is 17.2 Å². The normalized spacial score (nSPS) is 25.4. The van der Waals surface area contributed by atoms with Gasteiger partial charge in [-0.05, 0) is 13.0 Å². The Hall–Kier alpha value is -0.200. The van der Waals surface area contributed by atoms with Crippen LogP contribution in [-0.2, 0) is 9.47 Å². The number of nitrogens with two attached hydrogens (primary N) is 1. The lowest BCUT2D eigenvalue weighted by molar-refractivity contribution is -0.0579. The van der Waals surface area contributed by atoms with Crippen LogP contribution in [0.1, 0.15) is 13.3 Å². The fraction of sp³-hybridized carbons (Fsp3) is 1.00. The van der Waals surface area contributed by atoms with E-state index in [1.807, 2.05) is 0 Å². The summed E-state index contributed by atoms with van der Waals surface area (Å²) in [4.78, 5) is 2.41. The number of hydrazine groups is 1. The fourth-order valence-electron chi connectivity index (χ4n) is 1.94. The molecule has 0 aromatic heterocycles. The van der Waals surface area contributed by atoms with Crippen molar-refractivity contribution in [2.45, 2.75) is 25.5 Å². The second kappa shape index (κ2) is 7.14. The number of nitrogens with zero attached hydrogens (tertiary/aromatic N) is 1. The quantitative estimate of drug-likeness (QED) is 0.467. The molecule has 0 aromatic rings. The average Bonchev–Trinajstić information content (AvgIpc) is 2.27. The smallest absolute Gasteiger partial charge is 0.0891 e. The van der Waals surface area contributed by atoms with Crippen LogP contribution in [-0.4, -0.2) is 57.0 Å². The molecular weight excluding hydrogens is 194 g/mol. The summed E-state index contributed by atoms with van der Waals surface area (Å²) in [7, 11) is 1.68. The third-order valence-corrected chi connectivity index (χ3v) is 2.73. The molecule has 1 rings (SSSR count). The first-order chi connectivity index (χ1) is 7.31. The van der Waals surface area contributed by atoms with Gasteiger partial charge in [0.15, 0.2) is 0 Å². The van der Waals surface area contributed by atoms with Gasteiger partial charge >= 0.3 is 0 Å². The number of hydrogen-bond donors (Lipinski definition) is 2. The molecule has 3 N–H and O–H groups in total. The first kappa shape index (κ1) is 12.9. The van der Waals surface area contributed by atoms with Crippen LogP contribution < -0.4 is 11.3 Å². The molecule has 2 atom stereocenters. The van der Waals surface area contributed by atoms with Crippen LogP contribution in [0.4, 0.5) is 0 Å². The Kier molecular flexibility index (Phi) is 6.12. The van der Waals surface area contributed by atoms with Crippen molar-refractivity contribution in [2.24, 2.45) is 5.84 Å². The van der Waals surface area contributed by atoms with Gasteiger partial charge in [-0.25, -0.2) is 0 Å². The van der Waals surface area contributed by atoms with Crippen molar-refractivity contribution in [3.8, 4) is 0 Å². The molecule has 0 aliphatic carbocycles. The van der Waals surface area contributed by atoms with Crippen LogP contribution >= 0.6 is 0 Å². The maximum Gasteiger partial charge on any atom is 0.0891 e. The molecule has 0 bridgehead atoms. The summed E-state index contributed by atoms with van der Waals surface area (Å²) in [6, 6.07) is 0.0784. The van der Waals surface area contributed by atoms with Gasteiger partial charge in [0.2, 0.25) is 0 Å². The highest BCUT2D eigenvalue weighted by Crippen LogP contribution is 2.09. The van der Waals surface area contributed by atoms with E-state index in [1.54, 1.807) is 7.11 Å². The maximum absolute atomic E-state index is 5.70. The number of morpholine rings is 1. The summed E-state index contributed by atoms with van der Waals surface area (Å²) in [5, 5.41) is 0. The van der Waals surface area contributed by atoms with Crippen molar-refractivity contribution in [1.82, 2.24) is 10.3 Å². The molecule has 0 amide bonds. The summed E-state index contributed by atoms with van der Waals surface area (Å²) in [5.74, 6) is 5.48. The van der Waals surface area contributed by atoms with Crippen LogP contribution in [0, 0.1) is 0 Å². The number of nitrogens with one attached hydrogen (secondary N) is 1. The molecule has 0 aromatic carbocycles. The van der Waals surface area contributed by atoms with Crippen molar-refractivity contribution < 1.29 is 9.47 Å². The van der Waals surface area contributed by atoms with Gasteiger partial charge in [-0.1, -0.05) is 6.92 Å². The lowest BCUT2D eigenvalue weighted by Crippen LogP contribution is -2.55. The first-order valence-corrected chi connectivity index (χ1v) is 5.60. The van der Waals surface area contributed by atoms with Gasteiger partial charge in [0, 0.05) is 20.2 Å². The molecule has 1 saturated heterocycles. The Bertz CT molecular complexity index is 167. The Morgan fingerprint density at radius 3 is 3.07 bits per heavy atom. The second-order valence-corrected chi connectivity index (χ2v) is 3.94. The third kappa shape index (κ3) is 4.04. The Morgan fingerprint density at radius 2 is 2.47 bits per heavy atom. The number of hydrogen-bond acceptors (Lipinski definition) is 5. The monoisotopic (exact) mass is 217 g/mol. The topological polar surface area (TPSA) is 59.8 Å². The van der Waals surface area contributed by atoms with E-state index in [9.17, 15) is 0 Å². The standard InChI is InChI=1S/C10H23N3O2/c1-3-4-13-5-6-15-10(7-13)9(12-11)8-14-2/h9-10,12H,3-8,11H2,1-2H3. The molecular formula is C10H23N3O2. The van der Waals surface area contributed by atoms with Crippen molar-refractivity contribution in [3.05, 3.63) is 0 Å². The van der Waals surface area contributed by atoms with Crippen molar-refractivity contribution in [2.75, 3.05) is 40.0 Å². The predicted octanol–water partition coefficient (Wildman–Crippen LogP) is -0.424. The summed E-state index contributed by atoms with van der Waals surface area (Å²) in [6.07, 6.45) is 1.31. The molecule has 2 unspecified atom stereocenters. The summed E-state index contributed by atoms with van der Waals surface area (Å²) >= 11 is 0. The molecule has 0 spiro atoms. The number of ether oxygens (including phenoxy) is 2. The Morgan fingerprint density at radius 1 is 1.67 bits per heavy atom. The zero-order valence-corrected chi connectivity index (χ0v) is 9.74. The fourth-order valence-corrected chi connectivity index (χ4v) is 1.94. The van der Waals surface area contributed by atoms with E-state index >= 15 is 0 Å². The van der Waals surface area contributed by atoms with Crippen LogP contribution in [0.5, 0.6) is 0 Å². The van der Waals surface area contributed by atoms with Gasteiger partial charge < -0.3 is 9.47 Å². The molecule has 15 heavy (non-hydrogen) atoms. The zero-order valence-electron chi connectivity index (χ0n) is 9.74. The van der Waals surface area contributed by atoms with Gasteiger partial charge in [-0.3, -0.25) is 16.2 Å². The van der Waals surface area contributed by atoms with Gasteiger partial charge in [-0.2, -0.15) is 0 Å². The highest BCUT2D eigenvalue weighted by Gasteiger charge is 2.26.